The lowest BCUT2D eigenvalue weighted by atomic mass is 10.2. The SMILES string of the molecule is CC1CS(=O)(=O)CCN1C(=O)c1cc(C(=O)O)co1. The molecule has 2 rings (SSSR count). The van der Waals surface area contributed by atoms with Crippen molar-refractivity contribution >= 4 is 21.7 Å². The van der Waals surface area contributed by atoms with Crippen molar-refractivity contribution in [1.82, 2.24) is 4.90 Å². The number of carbonyl (C=O) groups excluding carboxylic acids is 1. The fraction of sp³-hybridized carbons (Fsp3) is 0.455. The van der Waals surface area contributed by atoms with E-state index in [9.17, 15) is 18.0 Å². The summed E-state index contributed by atoms with van der Waals surface area (Å²) in [6.07, 6.45) is 0.987. The Morgan fingerprint density at radius 1 is 1.47 bits per heavy atom. The van der Waals surface area contributed by atoms with Crippen molar-refractivity contribution in [3.63, 3.8) is 0 Å². The number of sulfone groups is 1. The summed E-state index contributed by atoms with van der Waals surface area (Å²) >= 11 is 0. The first kappa shape index (κ1) is 13.6. The highest BCUT2D eigenvalue weighted by Crippen LogP contribution is 2.17. The van der Waals surface area contributed by atoms with E-state index in [0.717, 1.165) is 12.3 Å². The van der Waals surface area contributed by atoms with Crippen LogP contribution in [0.25, 0.3) is 0 Å². The molecule has 1 aromatic heterocycles. The van der Waals surface area contributed by atoms with E-state index in [2.05, 4.69) is 0 Å². The van der Waals surface area contributed by atoms with Gasteiger partial charge < -0.3 is 14.4 Å². The van der Waals surface area contributed by atoms with Crippen LogP contribution in [-0.4, -0.2) is 54.4 Å². The molecule has 7 nitrogen and oxygen atoms in total. The van der Waals surface area contributed by atoms with Crippen molar-refractivity contribution in [3.8, 4) is 0 Å². The summed E-state index contributed by atoms with van der Waals surface area (Å²) < 4.78 is 27.8. The molecule has 1 unspecified atom stereocenters. The monoisotopic (exact) mass is 287 g/mol. The van der Waals surface area contributed by atoms with Crippen LogP contribution in [0.4, 0.5) is 0 Å². The second-order valence-corrected chi connectivity index (χ2v) is 6.70. The molecule has 0 radical (unpaired) electrons. The van der Waals surface area contributed by atoms with Crippen molar-refractivity contribution in [2.24, 2.45) is 0 Å². The Labute approximate surface area is 109 Å². The number of furan rings is 1. The van der Waals surface area contributed by atoms with E-state index in [1.165, 1.54) is 4.90 Å². The molecule has 1 amide bonds. The summed E-state index contributed by atoms with van der Waals surface area (Å²) in [5.74, 6) is -1.95. The molecule has 1 N–H and O–H groups in total. The number of hydrogen-bond donors (Lipinski definition) is 1. The van der Waals surface area contributed by atoms with Crippen molar-refractivity contribution in [2.45, 2.75) is 13.0 Å². The molecule has 0 saturated carbocycles. The van der Waals surface area contributed by atoms with Crippen LogP contribution in [0.5, 0.6) is 0 Å². The van der Waals surface area contributed by atoms with Gasteiger partial charge in [0, 0.05) is 18.7 Å². The molecule has 2 heterocycles. The van der Waals surface area contributed by atoms with Gasteiger partial charge in [-0.1, -0.05) is 0 Å². The Hall–Kier alpha value is -1.83. The van der Waals surface area contributed by atoms with Gasteiger partial charge in [0.15, 0.2) is 15.6 Å². The van der Waals surface area contributed by atoms with Crippen LogP contribution in [0, 0.1) is 0 Å². The smallest absolute Gasteiger partial charge is 0.338 e. The number of nitrogens with zero attached hydrogens (tertiary/aromatic N) is 1. The van der Waals surface area contributed by atoms with Crippen LogP contribution in [0.2, 0.25) is 0 Å². The lowest BCUT2D eigenvalue weighted by Gasteiger charge is -2.32. The van der Waals surface area contributed by atoms with E-state index in [0.29, 0.717) is 0 Å². The molecule has 1 aliphatic rings. The Morgan fingerprint density at radius 3 is 2.68 bits per heavy atom. The fourth-order valence-corrected chi connectivity index (χ4v) is 3.56. The van der Waals surface area contributed by atoms with Crippen molar-refractivity contribution in [3.05, 3.63) is 23.7 Å². The van der Waals surface area contributed by atoms with Gasteiger partial charge in [0.05, 0.1) is 17.1 Å². The summed E-state index contributed by atoms with van der Waals surface area (Å²) in [6, 6.07) is 0.685. The average Bonchev–Trinajstić information content (AvgIpc) is 2.76. The normalized spacial score (nSPS) is 22.2. The second-order valence-electron chi connectivity index (χ2n) is 4.47. The second kappa shape index (κ2) is 4.69. The minimum Gasteiger partial charge on any atom is -0.478 e. The van der Waals surface area contributed by atoms with E-state index in [4.69, 9.17) is 9.52 Å². The standard InChI is InChI=1S/C11H13NO6S/c1-7-6-19(16,17)3-2-12(7)10(13)9-4-8(5-18-9)11(14)15/h4-5,7H,2-3,6H2,1H3,(H,14,15). The van der Waals surface area contributed by atoms with Gasteiger partial charge in [-0.2, -0.15) is 0 Å². The number of amides is 1. The highest BCUT2D eigenvalue weighted by atomic mass is 32.2. The zero-order chi connectivity index (χ0) is 14.2. The number of carboxylic acids is 1. The Balaban J connectivity index is 2.17. The van der Waals surface area contributed by atoms with E-state index < -0.39 is 27.8 Å². The molecule has 19 heavy (non-hydrogen) atoms. The van der Waals surface area contributed by atoms with Crippen molar-refractivity contribution in [2.75, 3.05) is 18.1 Å². The van der Waals surface area contributed by atoms with E-state index in [1.807, 2.05) is 0 Å². The first-order valence-electron chi connectivity index (χ1n) is 5.63. The maximum absolute atomic E-state index is 12.1. The van der Waals surface area contributed by atoms with Gasteiger partial charge in [-0.15, -0.1) is 0 Å². The van der Waals surface area contributed by atoms with E-state index >= 15 is 0 Å². The van der Waals surface area contributed by atoms with E-state index in [-0.39, 0.29) is 29.4 Å². The maximum Gasteiger partial charge on any atom is 0.338 e. The Kier molecular flexibility index (Phi) is 3.36. The minimum atomic E-state index is -3.11. The fourth-order valence-electron chi connectivity index (χ4n) is 2.00. The summed E-state index contributed by atoms with van der Waals surface area (Å²) in [4.78, 5) is 24.2. The summed E-state index contributed by atoms with van der Waals surface area (Å²) in [7, 11) is -3.11. The molecule has 1 aromatic rings. The maximum atomic E-state index is 12.1. The molecule has 0 spiro atoms. The average molecular weight is 287 g/mol. The van der Waals surface area contributed by atoms with Crippen LogP contribution < -0.4 is 0 Å². The van der Waals surface area contributed by atoms with Gasteiger partial charge in [0.25, 0.3) is 5.91 Å². The number of rotatable bonds is 2. The molecule has 1 atom stereocenters. The van der Waals surface area contributed by atoms with Gasteiger partial charge in [-0.25, -0.2) is 13.2 Å². The summed E-state index contributed by atoms with van der Waals surface area (Å²) in [6.45, 7) is 1.72. The number of carboxylic acid groups (broad SMARTS) is 1. The van der Waals surface area contributed by atoms with Gasteiger partial charge in [-0.05, 0) is 6.92 Å². The first-order chi connectivity index (χ1) is 8.80. The predicted octanol–water partition coefficient (Wildman–Crippen LogP) is 0.237. The minimum absolute atomic E-state index is 0.0877. The quantitative estimate of drug-likeness (QED) is 0.835. The topological polar surface area (TPSA) is 105 Å². The number of hydrogen-bond acceptors (Lipinski definition) is 5. The zero-order valence-corrected chi connectivity index (χ0v) is 11.0. The summed E-state index contributed by atoms with van der Waals surface area (Å²) in [5, 5.41) is 8.75. The number of aromatic carboxylic acids is 1. The molecule has 104 valence electrons. The van der Waals surface area contributed by atoms with Crippen LogP contribution in [0.15, 0.2) is 16.7 Å². The molecule has 0 aromatic carbocycles. The van der Waals surface area contributed by atoms with Gasteiger partial charge in [0.2, 0.25) is 0 Å². The third-order valence-electron chi connectivity index (χ3n) is 2.99. The van der Waals surface area contributed by atoms with E-state index in [1.54, 1.807) is 6.92 Å². The molecule has 1 fully saturated rings. The lowest BCUT2D eigenvalue weighted by molar-refractivity contribution is 0.0675. The lowest BCUT2D eigenvalue weighted by Crippen LogP contribution is -2.49. The zero-order valence-electron chi connectivity index (χ0n) is 10.2. The largest absolute Gasteiger partial charge is 0.478 e. The molecular weight excluding hydrogens is 274 g/mol. The van der Waals surface area contributed by atoms with Crippen molar-refractivity contribution in [1.29, 1.82) is 0 Å². The Bertz CT molecular complexity index is 617. The molecular formula is C11H13NO6S. The third-order valence-corrected chi connectivity index (χ3v) is 4.78. The van der Waals surface area contributed by atoms with Crippen LogP contribution >= 0.6 is 0 Å². The molecule has 1 saturated heterocycles. The summed E-state index contributed by atoms with van der Waals surface area (Å²) in [5.41, 5.74) is -0.111. The highest BCUT2D eigenvalue weighted by molar-refractivity contribution is 7.91. The van der Waals surface area contributed by atoms with Crippen molar-refractivity contribution < 1.29 is 27.5 Å². The first-order valence-corrected chi connectivity index (χ1v) is 7.45. The highest BCUT2D eigenvalue weighted by Gasteiger charge is 2.33. The van der Waals surface area contributed by atoms with Gasteiger partial charge in [0.1, 0.15) is 6.26 Å². The molecule has 8 heteroatoms. The number of carbonyl (C=O) groups is 2. The predicted molar refractivity (Wildman–Crippen MR) is 64.8 cm³/mol. The molecule has 0 bridgehead atoms. The third kappa shape index (κ3) is 2.78. The van der Waals surface area contributed by atoms with Crippen LogP contribution in [0.1, 0.15) is 27.8 Å². The molecule has 1 aliphatic heterocycles. The molecule has 0 aliphatic carbocycles. The van der Waals surface area contributed by atoms with Gasteiger partial charge in [-0.3, -0.25) is 4.79 Å². The van der Waals surface area contributed by atoms with Crippen LogP contribution in [-0.2, 0) is 9.84 Å². The van der Waals surface area contributed by atoms with Gasteiger partial charge >= 0.3 is 5.97 Å². The Morgan fingerprint density at radius 2 is 2.16 bits per heavy atom. The van der Waals surface area contributed by atoms with Crippen LogP contribution in [0.3, 0.4) is 0 Å².